The summed E-state index contributed by atoms with van der Waals surface area (Å²) in [5.41, 5.74) is 0. The highest BCUT2D eigenvalue weighted by molar-refractivity contribution is 8.00. The van der Waals surface area contributed by atoms with Crippen LogP contribution in [0.15, 0.2) is 23.1 Å². The van der Waals surface area contributed by atoms with Crippen LogP contribution in [0.1, 0.15) is 26.7 Å². The maximum absolute atomic E-state index is 12.9. The number of carbonyl (C=O) groups is 1. The van der Waals surface area contributed by atoms with Crippen molar-refractivity contribution in [2.24, 2.45) is 0 Å². The summed E-state index contributed by atoms with van der Waals surface area (Å²) < 4.78 is 34.7. The van der Waals surface area contributed by atoms with E-state index < -0.39 is 9.84 Å². The quantitative estimate of drug-likeness (QED) is 0.684. The van der Waals surface area contributed by atoms with E-state index in [1.54, 1.807) is 4.90 Å². The molecule has 0 aromatic heterocycles. The summed E-state index contributed by atoms with van der Waals surface area (Å²) in [6.45, 7) is 5.07. The Morgan fingerprint density at radius 1 is 1.31 bits per heavy atom. The predicted molar refractivity (Wildman–Crippen MR) is 102 cm³/mol. The van der Waals surface area contributed by atoms with Crippen LogP contribution >= 0.6 is 11.8 Å². The summed E-state index contributed by atoms with van der Waals surface area (Å²) in [6, 6.07) is 5.49. The Morgan fingerprint density at radius 2 is 2.04 bits per heavy atom. The minimum atomic E-state index is -3.02. The molecule has 2 heterocycles. The third-order valence-electron chi connectivity index (χ3n) is 4.83. The Hall–Kier alpha value is -1.41. The first-order valence-electron chi connectivity index (χ1n) is 8.93. The molecule has 1 aromatic carbocycles. The van der Waals surface area contributed by atoms with Gasteiger partial charge in [0.15, 0.2) is 21.3 Å². The maximum atomic E-state index is 12.9. The molecule has 2 aliphatic rings. The number of carbonyl (C=O) groups excluding carboxylic acids is 1. The number of sulfone groups is 1. The van der Waals surface area contributed by atoms with Crippen molar-refractivity contribution in [1.29, 1.82) is 0 Å². The number of rotatable bonds is 6. The van der Waals surface area contributed by atoms with Gasteiger partial charge in [0.25, 0.3) is 0 Å². The van der Waals surface area contributed by atoms with Gasteiger partial charge in [0, 0.05) is 17.0 Å². The van der Waals surface area contributed by atoms with Gasteiger partial charge in [-0.25, -0.2) is 8.42 Å². The molecule has 3 rings (SSSR count). The lowest BCUT2D eigenvalue weighted by Gasteiger charge is -2.33. The van der Waals surface area contributed by atoms with Gasteiger partial charge in [-0.3, -0.25) is 4.79 Å². The maximum Gasteiger partial charge on any atom is 0.233 e. The van der Waals surface area contributed by atoms with Gasteiger partial charge in [-0.15, -0.1) is 11.8 Å². The van der Waals surface area contributed by atoms with Crippen molar-refractivity contribution in [2.75, 3.05) is 30.5 Å². The minimum absolute atomic E-state index is 0.0126. The molecule has 0 radical (unpaired) electrons. The summed E-state index contributed by atoms with van der Waals surface area (Å²) in [4.78, 5) is 15.6. The van der Waals surface area contributed by atoms with Crippen LogP contribution in [0, 0.1) is 0 Å². The van der Waals surface area contributed by atoms with Gasteiger partial charge in [0.2, 0.25) is 5.91 Å². The van der Waals surface area contributed by atoms with E-state index in [9.17, 15) is 13.2 Å². The fourth-order valence-electron chi connectivity index (χ4n) is 3.33. The molecule has 2 aliphatic heterocycles. The standard InChI is InChI=1S/C18H25NO5S2/c1-3-13(2)19(14-6-9-26(21,22)12-14)18(20)11-25-15-4-5-16-17(10-15)24-8-7-23-16/h4-5,10,13-14H,3,6-9,11-12H2,1-2H3/t13-,14+/m1/s1. The zero-order valence-corrected chi connectivity index (χ0v) is 16.8. The third kappa shape index (κ3) is 4.46. The van der Waals surface area contributed by atoms with Crippen LogP contribution in [0.5, 0.6) is 11.5 Å². The Balaban J connectivity index is 1.66. The number of amides is 1. The molecule has 0 N–H and O–H groups in total. The first-order chi connectivity index (χ1) is 12.4. The van der Waals surface area contributed by atoms with Gasteiger partial charge in [0.05, 0.1) is 17.3 Å². The van der Waals surface area contributed by atoms with E-state index in [-0.39, 0.29) is 35.2 Å². The molecule has 1 saturated heterocycles. The third-order valence-corrected chi connectivity index (χ3v) is 7.56. The van der Waals surface area contributed by atoms with Gasteiger partial charge in [0.1, 0.15) is 13.2 Å². The molecule has 0 aliphatic carbocycles. The molecule has 1 aromatic rings. The summed E-state index contributed by atoms with van der Waals surface area (Å²) in [5, 5.41) is 0. The van der Waals surface area contributed by atoms with Gasteiger partial charge >= 0.3 is 0 Å². The number of thioether (sulfide) groups is 1. The van der Waals surface area contributed by atoms with E-state index in [0.717, 1.165) is 17.1 Å². The smallest absolute Gasteiger partial charge is 0.233 e. The Labute approximate surface area is 159 Å². The average molecular weight is 400 g/mol. The Kier molecular flexibility index (Phi) is 6.02. The lowest BCUT2D eigenvalue weighted by Crippen LogP contribution is -2.47. The average Bonchev–Trinajstić information content (AvgIpc) is 2.99. The molecule has 144 valence electrons. The van der Waals surface area contributed by atoms with E-state index in [1.165, 1.54) is 11.8 Å². The number of fused-ring (bicyclic) bond motifs is 1. The van der Waals surface area contributed by atoms with Crippen LogP contribution in [0.4, 0.5) is 0 Å². The summed E-state index contributed by atoms with van der Waals surface area (Å²) >= 11 is 1.44. The second-order valence-corrected chi connectivity index (χ2v) is 9.99. The highest BCUT2D eigenvalue weighted by Crippen LogP contribution is 2.34. The van der Waals surface area contributed by atoms with Crippen molar-refractivity contribution >= 4 is 27.5 Å². The first kappa shape index (κ1) is 19.4. The lowest BCUT2D eigenvalue weighted by atomic mass is 10.1. The zero-order chi connectivity index (χ0) is 18.7. The van der Waals surface area contributed by atoms with Gasteiger partial charge < -0.3 is 14.4 Å². The number of nitrogens with zero attached hydrogens (tertiary/aromatic N) is 1. The SMILES string of the molecule is CC[C@@H](C)N(C(=O)CSc1ccc2c(c1)OCCO2)[C@H]1CCS(=O)(=O)C1. The molecule has 1 amide bonds. The van der Waals surface area contributed by atoms with Crippen LogP contribution < -0.4 is 9.47 Å². The van der Waals surface area contributed by atoms with E-state index in [0.29, 0.717) is 25.4 Å². The molecule has 0 bridgehead atoms. The van der Waals surface area contributed by atoms with E-state index in [2.05, 4.69) is 0 Å². The number of hydrogen-bond donors (Lipinski definition) is 0. The van der Waals surface area contributed by atoms with Crippen molar-refractivity contribution < 1.29 is 22.7 Å². The van der Waals surface area contributed by atoms with Crippen LogP contribution in [0.3, 0.4) is 0 Å². The fourth-order valence-corrected chi connectivity index (χ4v) is 5.84. The topological polar surface area (TPSA) is 72.9 Å². The minimum Gasteiger partial charge on any atom is -0.486 e. The zero-order valence-electron chi connectivity index (χ0n) is 15.1. The Bertz CT molecular complexity index is 765. The van der Waals surface area contributed by atoms with E-state index >= 15 is 0 Å². The summed E-state index contributed by atoms with van der Waals surface area (Å²) in [7, 11) is -3.02. The van der Waals surface area contributed by atoms with Gasteiger partial charge in [-0.2, -0.15) is 0 Å². The van der Waals surface area contributed by atoms with Crippen molar-refractivity contribution in [1.82, 2.24) is 4.90 Å². The van der Waals surface area contributed by atoms with E-state index in [4.69, 9.17) is 9.47 Å². The molecular weight excluding hydrogens is 374 g/mol. The first-order valence-corrected chi connectivity index (χ1v) is 11.7. The highest BCUT2D eigenvalue weighted by atomic mass is 32.2. The second-order valence-electron chi connectivity index (χ2n) is 6.71. The van der Waals surface area contributed by atoms with E-state index in [1.807, 2.05) is 32.0 Å². The molecule has 1 fully saturated rings. The van der Waals surface area contributed by atoms with Crippen molar-refractivity contribution in [2.45, 2.75) is 43.7 Å². The molecule has 26 heavy (non-hydrogen) atoms. The molecular formula is C18H25NO5S2. The molecule has 0 saturated carbocycles. The van der Waals surface area contributed by atoms with Gasteiger partial charge in [-0.05, 0) is 38.0 Å². The monoisotopic (exact) mass is 399 g/mol. The molecule has 6 nitrogen and oxygen atoms in total. The highest BCUT2D eigenvalue weighted by Gasteiger charge is 2.36. The van der Waals surface area contributed by atoms with Crippen LogP contribution in [-0.4, -0.2) is 61.8 Å². The second kappa shape index (κ2) is 8.08. The van der Waals surface area contributed by atoms with Crippen LogP contribution in [0.2, 0.25) is 0 Å². The fraction of sp³-hybridized carbons (Fsp3) is 0.611. The van der Waals surface area contributed by atoms with Crippen molar-refractivity contribution in [3.05, 3.63) is 18.2 Å². The number of benzene rings is 1. The molecule has 0 unspecified atom stereocenters. The van der Waals surface area contributed by atoms with Crippen molar-refractivity contribution in [3.63, 3.8) is 0 Å². The predicted octanol–water partition coefficient (Wildman–Crippen LogP) is 2.36. The number of hydrogen-bond acceptors (Lipinski definition) is 6. The van der Waals surface area contributed by atoms with Crippen LogP contribution in [0.25, 0.3) is 0 Å². The normalized spacial score (nSPS) is 22.0. The van der Waals surface area contributed by atoms with Gasteiger partial charge in [-0.1, -0.05) is 6.92 Å². The van der Waals surface area contributed by atoms with Crippen LogP contribution in [-0.2, 0) is 14.6 Å². The summed E-state index contributed by atoms with van der Waals surface area (Å²) in [6.07, 6.45) is 1.34. The molecule has 8 heteroatoms. The number of ether oxygens (including phenoxy) is 2. The Morgan fingerprint density at radius 3 is 2.69 bits per heavy atom. The van der Waals surface area contributed by atoms with Crippen molar-refractivity contribution in [3.8, 4) is 11.5 Å². The molecule has 0 spiro atoms. The largest absolute Gasteiger partial charge is 0.486 e. The summed E-state index contributed by atoms with van der Waals surface area (Å²) in [5.74, 6) is 1.95. The lowest BCUT2D eigenvalue weighted by molar-refractivity contribution is -0.132. The molecule has 2 atom stereocenters.